The first-order chi connectivity index (χ1) is 19.3. The fourth-order valence-electron chi connectivity index (χ4n) is 3.78. The number of nitrogens with one attached hydrogen (secondary N) is 1. The van der Waals surface area contributed by atoms with Gasteiger partial charge in [-0.15, -0.1) is 8.78 Å². The van der Waals surface area contributed by atoms with Crippen molar-refractivity contribution in [2.45, 2.75) is 29.8 Å². The minimum Gasteiger partial charge on any atom is -0.420 e. The zero-order valence-electron chi connectivity index (χ0n) is 20.8. The average molecular weight is 632 g/mol. The molecule has 0 bridgehead atoms. The van der Waals surface area contributed by atoms with Gasteiger partial charge in [0.1, 0.15) is 11.0 Å². The molecule has 4 rings (SSSR count). The van der Waals surface area contributed by atoms with E-state index in [-0.39, 0.29) is 35.3 Å². The Labute approximate surface area is 245 Å². The molecule has 1 heterocycles. The predicted molar refractivity (Wildman–Crippen MR) is 148 cm³/mol. The van der Waals surface area contributed by atoms with Crippen molar-refractivity contribution in [1.82, 2.24) is 4.90 Å². The number of anilines is 1. The molecular formula is C27H20Cl2F5N3O3S. The Bertz CT molecular complexity index is 1430. The summed E-state index contributed by atoms with van der Waals surface area (Å²) in [5.41, 5.74) is -3.76. The van der Waals surface area contributed by atoms with Gasteiger partial charge in [-0.2, -0.15) is 13.2 Å². The normalized spacial score (nSPS) is 17.0. The summed E-state index contributed by atoms with van der Waals surface area (Å²) in [7, 11) is 0. The summed E-state index contributed by atoms with van der Waals surface area (Å²) in [5, 5.41) is 2.22. The summed E-state index contributed by atoms with van der Waals surface area (Å²) < 4.78 is 69.7. The number of thioether (sulfide) groups is 1. The first kappa shape index (κ1) is 30.6. The van der Waals surface area contributed by atoms with E-state index in [1.54, 1.807) is 24.3 Å². The number of hydrogen-bond donors (Lipinski definition) is 1. The molecule has 0 radical (unpaired) electrons. The molecule has 2 amide bonds. The highest BCUT2D eigenvalue weighted by atomic mass is 35.5. The quantitative estimate of drug-likeness (QED) is 0.204. The fourth-order valence-corrected chi connectivity index (χ4v) is 5.12. The van der Waals surface area contributed by atoms with Gasteiger partial charge in [0, 0.05) is 35.3 Å². The largest absolute Gasteiger partial charge is 0.487 e. The number of amides is 2. The second kappa shape index (κ2) is 12.7. The lowest BCUT2D eigenvalue weighted by molar-refractivity contribution is -0.137. The van der Waals surface area contributed by atoms with Gasteiger partial charge in [-0.25, -0.2) is 4.99 Å². The summed E-state index contributed by atoms with van der Waals surface area (Å²) in [6.07, 6.45) is -4.40. The van der Waals surface area contributed by atoms with Crippen LogP contribution in [0.3, 0.4) is 0 Å². The maximum Gasteiger partial charge on any atom is 0.487 e. The molecule has 0 aromatic heterocycles. The van der Waals surface area contributed by atoms with E-state index in [0.29, 0.717) is 11.4 Å². The van der Waals surface area contributed by atoms with Gasteiger partial charge < -0.3 is 10.1 Å². The second-order valence-electron chi connectivity index (χ2n) is 8.74. The lowest BCUT2D eigenvalue weighted by Gasteiger charge is -2.32. The standard InChI is InChI=1S/C27H20Cl2F5N3O3S/c28-18-6-4-16(5-7-18)12-13-37-23(38)15-22(24(39)35-19-8-10-21(11-9-19)40-27(29,33)34)41-25(37)36-20-3-1-2-17(14-20)26(30,31)32/h1-11,14,22H,12-13,15H2,(H,35,39). The van der Waals surface area contributed by atoms with E-state index < -0.39 is 34.4 Å². The van der Waals surface area contributed by atoms with Crippen LogP contribution in [-0.4, -0.2) is 39.2 Å². The number of halogens is 7. The Morgan fingerprint density at radius 1 is 1.05 bits per heavy atom. The van der Waals surface area contributed by atoms with Crippen LogP contribution < -0.4 is 10.1 Å². The first-order valence-corrected chi connectivity index (χ1v) is 13.5. The van der Waals surface area contributed by atoms with Gasteiger partial charge in [-0.3, -0.25) is 14.5 Å². The number of carbonyl (C=O) groups is 2. The van der Waals surface area contributed by atoms with Gasteiger partial charge >= 0.3 is 11.7 Å². The number of alkyl halides is 6. The molecule has 1 aliphatic heterocycles. The molecule has 41 heavy (non-hydrogen) atoms. The van der Waals surface area contributed by atoms with E-state index in [9.17, 15) is 31.5 Å². The van der Waals surface area contributed by atoms with Gasteiger partial charge in [0.15, 0.2) is 5.17 Å². The van der Waals surface area contributed by atoms with E-state index in [0.717, 1.165) is 29.5 Å². The van der Waals surface area contributed by atoms with Crippen LogP contribution in [0.15, 0.2) is 77.8 Å². The molecule has 3 aromatic rings. The lowest BCUT2D eigenvalue weighted by atomic mass is 10.1. The number of benzene rings is 3. The summed E-state index contributed by atoms with van der Waals surface area (Å²) in [6.45, 7) is 0.159. The maximum atomic E-state index is 13.3. The number of rotatable bonds is 8. The van der Waals surface area contributed by atoms with Crippen LogP contribution in [0.5, 0.6) is 5.75 Å². The zero-order valence-corrected chi connectivity index (χ0v) is 23.1. The lowest BCUT2D eigenvalue weighted by Crippen LogP contribution is -2.46. The highest BCUT2D eigenvalue weighted by molar-refractivity contribution is 8.15. The molecule has 1 aliphatic rings. The van der Waals surface area contributed by atoms with Crippen molar-refractivity contribution in [2.75, 3.05) is 11.9 Å². The van der Waals surface area contributed by atoms with Gasteiger partial charge in [-0.1, -0.05) is 41.6 Å². The van der Waals surface area contributed by atoms with Crippen LogP contribution in [0, 0.1) is 0 Å². The Morgan fingerprint density at radius 3 is 2.37 bits per heavy atom. The molecule has 216 valence electrons. The monoisotopic (exact) mass is 631 g/mol. The van der Waals surface area contributed by atoms with Crippen LogP contribution >= 0.6 is 35.0 Å². The molecule has 0 saturated carbocycles. The number of aliphatic imine (C=N–C) groups is 1. The SMILES string of the molecule is O=C(Nc1ccc(OC(F)(F)Cl)cc1)C1CC(=O)N(CCc2ccc(Cl)cc2)C(=Nc2cccc(C(F)(F)F)c2)S1. The van der Waals surface area contributed by atoms with Crippen molar-refractivity contribution >= 4 is 63.3 Å². The van der Waals surface area contributed by atoms with Crippen LogP contribution in [0.2, 0.25) is 5.02 Å². The van der Waals surface area contributed by atoms with Crippen LogP contribution in [0.1, 0.15) is 17.5 Å². The Hall–Kier alpha value is -3.35. The Kier molecular flexibility index (Phi) is 9.45. The number of hydrogen-bond acceptors (Lipinski definition) is 5. The summed E-state index contributed by atoms with van der Waals surface area (Å²) in [5.74, 6) is -1.28. The van der Waals surface area contributed by atoms with Crippen molar-refractivity contribution in [2.24, 2.45) is 4.99 Å². The molecule has 1 atom stereocenters. The predicted octanol–water partition coefficient (Wildman–Crippen LogP) is 7.73. The van der Waals surface area contributed by atoms with E-state index in [1.165, 1.54) is 41.3 Å². The number of amidine groups is 1. The third kappa shape index (κ3) is 8.82. The molecule has 3 aromatic carbocycles. The smallest absolute Gasteiger partial charge is 0.420 e. The molecule has 1 saturated heterocycles. The highest BCUT2D eigenvalue weighted by Gasteiger charge is 2.36. The molecule has 1 fully saturated rings. The van der Waals surface area contributed by atoms with Crippen molar-refractivity contribution in [3.8, 4) is 5.75 Å². The van der Waals surface area contributed by atoms with Crippen molar-refractivity contribution in [3.05, 3.63) is 88.9 Å². The molecule has 14 heteroatoms. The van der Waals surface area contributed by atoms with Crippen molar-refractivity contribution in [3.63, 3.8) is 0 Å². The van der Waals surface area contributed by atoms with Gasteiger partial charge in [0.05, 0.1) is 11.3 Å². The summed E-state index contributed by atoms with van der Waals surface area (Å²) in [4.78, 5) is 31.9. The Morgan fingerprint density at radius 2 is 1.73 bits per heavy atom. The van der Waals surface area contributed by atoms with Gasteiger partial charge in [0.2, 0.25) is 11.8 Å². The third-order valence-electron chi connectivity index (χ3n) is 5.72. The average Bonchev–Trinajstić information content (AvgIpc) is 2.89. The summed E-state index contributed by atoms with van der Waals surface area (Å²) in [6, 6.07) is 16.2. The third-order valence-corrected chi connectivity index (χ3v) is 7.24. The molecule has 0 spiro atoms. The zero-order chi connectivity index (χ0) is 29.8. The molecule has 0 aliphatic carbocycles. The topological polar surface area (TPSA) is 71.0 Å². The van der Waals surface area contributed by atoms with E-state index >= 15 is 0 Å². The van der Waals surface area contributed by atoms with E-state index in [2.05, 4.69) is 15.0 Å². The minimum atomic E-state index is -4.59. The number of carbonyl (C=O) groups excluding carboxylic acids is 2. The fraction of sp³-hybridized carbons (Fsp3) is 0.222. The second-order valence-corrected chi connectivity index (χ2v) is 10.8. The van der Waals surface area contributed by atoms with Crippen LogP contribution in [-0.2, 0) is 22.2 Å². The van der Waals surface area contributed by atoms with Crippen LogP contribution in [0.4, 0.5) is 33.3 Å². The molecule has 1 unspecified atom stereocenters. The van der Waals surface area contributed by atoms with Crippen LogP contribution in [0.25, 0.3) is 0 Å². The highest BCUT2D eigenvalue weighted by Crippen LogP contribution is 2.34. The molecular weight excluding hydrogens is 612 g/mol. The first-order valence-electron chi connectivity index (χ1n) is 11.9. The van der Waals surface area contributed by atoms with E-state index in [4.69, 9.17) is 23.2 Å². The van der Waals surface area contributed by atoms with Gasteiger partial charge in [0.25, 0.3) is 0 Å². The van der Waals surface area contributed by atoms with E-state index in [1.807, 2.05) is 0 Å². The Balaban J connectivity index is 1.55. The maximum absolute atomic E-state index is 13.3. The number of nitrogens with zero attached hydrogens (tertiary/aromatic N) is 2. The molecule has 1 N–H and O–H groups in total. The number of ether oxygens (including phenoxy) is 1. The minimum absolute atomic E-state index is 0.0423. The summed E-state index contributed by atoms with van der Waals surface area (Å²) >= 11 is 11.6. The van der Waals surface area contributed by atoms with Crippen molar-refractivity contribution in [1.29, 1.82) is 0 Å². The van der Waals surface area contributed by atoms with Crippen molar-refractivity contribution < 1.29 is 36.3 Å². The molecule has 6 nitrogen and oxygen atoms in total. The van der Waals surface area contributed by atoms with Gasteiger partial charge in [-0.05, 0) is 66.6 Å².